The van der Waals surface area contributed by atoms with E-state index in [4.69, 9.17) is 0 Å². The maximum atomic E-state index is 12.7. The molecule has 2 amide bonds. The fraction of sp³-hybridized carbons (Fsp3) is 0.375. The van der Waals surface area contributed by atoms with Crippen molar-refractivity contribution in [3.63, 3.8) is 0 Å². The van der Waals surface area contributed by atoms with Gasteiger partial charge in [0.1, 0.15) is 5.69 Å². The van der Waals surface area contributed by atoms with Crippen LogP contribution in [0.1, 0.15) is 16.1 Å². The largest absolute Gasteiger partial charge is 0.342 e. The van der Waals surface area contributed by atoms with Gasteiger partial charge >= 0.3 is 0 Å². The predicted molar refractivity (Wildman–Crippen MR) is 81.2 cm³/mol. The average Bonchev–Trinajstić information content (AvgIpc) is 2.85. The molecule has 0 aliphatic carbocycles. The second-order valence-corrected chi connectivity index (χ2v) is 5.53. The summed E-state index contributed by atoms with van der Waals surface area (Å²) in [6, 6.07) is 8.07. The Morgan fingerprint density at radius 3 is 2.52 bits per heavy atom. The molecule has 1 aromatic heterocycles. The topological polar surface area (TPSA) is 45.6 Å². The van der Waals surface area contributed by atoms with Crippen LogP contribution in [-0.4, -0.2) is 52.9 Å². The predicted octanol–water partition coefficient (Wildman–Crippen LogP) is 1.40. The number of rotatable bonds is 2. The number of carbonyl (C=O) groups excluding carboxylic acids is 2. The molecule has 1 aliphatic rings. The van der Waals surface area contributed by atoms with E-state index in [1.165, 1.54) is 5.56 Å². The molecule has 0 spiro atoms. The zero-order valence-corrected chi connectivity index (χ0v) is 12.4. The van der Waals surface area contributed by atoms with Crippen LogP contribution in [0.3, 0.4) is 0 Å². The highest BCUT2D eigenvalue weighted by molar-refractivity contribution is 5.99. The molecule has 21 heavy (non-hydrogen) atoms. The summed E-state index contributed by atoms with van der Waals surface area (Å²) in [6.45, 7) is 4.46. The van der Waals surface area contributed by atoms with Crippen molar-refractivity contribution in [3.8, 4) is 0 Å². The minimum atomic E-state index is 0.0404. The van der Waals surface area contributed by atoms with Gasteiger partial charge in [-0.1, -0.05) is 12.1 Å². The summed E-state index contributed by atoms with van der Waals surface area (Å²) in [5, 5.41) is 1.12. The first kappa shape index (κ1) is 13.7. The SMILES string of the molecule is Cc1cccc2c1cc(C(=O)N1CCN(C=O)CC1)n2C. The molecule has 1 aromatic carbocycles. The van der Waals surface area contributed by atoms with Crippen LogP contribution in [0.15, 0.2) is 24.3 Å². The Hall–Kier alpha value is -2.30. The van der Waals surface area contributed by atoms with Gasteiger partial charge in [-0.2, -0.15) is 0 Å². The number of hydrogen-bond acceptors (Lipinski definition) is 2. The van der Waals surface area contributed by atoms with E-state index < -0.39 is 0 Å². The average molecular weight is 285 g/mol. The monoisotopic (exact) mass is 285 g/mol. The summed E-state index contributed by atoms with van der Waals surface area (Å²) in [4.78, 5) is 27.0. The van der Waals surface area contributed by atoms with Crippen molar-refractivity contribution >= 4 is 23.2 Å². The Morgan fingerprint density at radius 2 is 1.90 bits per heavy atom. The van der Waals surface area contributed by atoms with Gasteiger partial charge < -0.3 is 14.4 Å². The quantitative estimate of drug-likeness (QED) is 0.783. The van der Waals surface area contributed by atoms with E-state index in [9.17, 15) is 9.59 Å². The van der Waals surface area contributed by atoms with Crippen LogP contribution in [0, 0.1) is 6.92 Å². The van der Waals surface area contributed by atoms with E-state index in [2.05, 4.69) is 13.0 Å². The molecule has 1 fully saturated rings. The number of fused-ring (bicyclic) bond motifs is 1. The van der Waals surface area contributed by atoms with Gasteiger partial charge in [0.15, 0.2) is 0 Å². The van der Waals surface area contributed by atoms with Gasteiger partial charge in [0, 0.05) is 44.1 Å². The molecule has 2 heterocycles. The molecule has 1 aliphatic heterocycles. The molecule has 1 saturated heterocycles. The zero-order chi connectivity index (χ0) is 15.0. The van der Waals surface area contributed by atoms with Crippen molar-refractivity contribution in [1.82, 2.24) is 14.4 Å². The van der Waals surface area contributed by atoms with Crippen molar-refractivity contribution in [2.45, 2.75) is 6.92 Å². The standard InChI is InChI=1S/C16H19N3O2/c1-12-4-3-5-14-13(12)10-15(17(14)2)16(21)19-8-6-18(11-20)7-9-19/h3-5,10-11H,6-9H2,1-2H3. The Kier molecular flexibility index (Phi) is 3.41. The lowest BCUT2D eigenvalue weighted by atomic mass is 10.1. The summed E-state index contributed by atoms with van der Waals surface area (Å²) in [6.07, 6.45) is 0.849. The minimum absolute atomic E-state index is 0.0404. The molecule has 5 nitrogen and oxygen atoms in total. The van der Waals surface area contributed by atoms with Crippen molar-refractivity contribution in [2.24, 2.45) is 7.05 Å². The molecule has 0 saturated carbocycles. The molecular weight excluding hydrogens is 266 g/mol. The number of aryl methyl sites for hydroxylation is 2. The van der Waals surface area contributed by atoms with Crippen molar-refractivity contribution in [3.05, 3.63) is 35.5 Å². The van der Waals surface area contributed by atoms with E-state index in [0.717, 1.165) is 17.3 Å². The Bertz CT molecular complexity index is 697. The van der Waals surface area contributed by atoms with Gasteiger partial charge in [-0.05, 0) is 24.6 Å². The van der Waals surface area contributed by atoms with Gasteiger partial charge in [0.05, 0.1) is 0 Å². The fourth-order valence-electron chi connectivity index (χ4n) is 2.91. The molecular formula is C16H19N3O2. The van der Waals surface area contributed by atoms with Crippen LogP contribution in [-0.2, 0) is 11.8 Å². The van der Waals surface area contributed by atoms with Crippen LogP contribution in [0.2, 0.25) is 0 Å². The number of amides is 2. The second-order valence-electron chi connectivity index (χ2n) is 5.53. The van der Waals surface area contributed by atoms with E-state index >= 15 is 0 Å². The number of carbonyl (C=O) groups is 2. The summed E-state index contributed by atoms with van der Waals surface area (Å²) >= 11 is 0. The maximum Gasteiger partial charge on any atom is 0.270 e. The lowest BCUT2D eigenvalue weighted by Gasteiger charge is -2.32. The molecule has 0 bridgehead atoms. The highest BCUT2D eigenvalue weighted by Gasteiger charge is 2.24. The molecule has 0 unspecified atom stereocenters. The number of nitrogens with zero attached hydrogens (tertiary/aromatic N) is 3. The minimum Gasteiger partial charge on any atom is -0.342 e. The third-order valence-corrected chi connectivity index (χ3v) is 4.27. The molecule has 110 valence electrons. The van der Waals surface area contributed by atoms with Gasteiger partial charge in [0.2, 0.25) is 6.41 Å². The van der Waals surface area contributed by atoms with Crippen LogP contribution in [0.25, 0.3) is 10.9 Å². The van der Waals surface area contributed by atoms with Crippen LogP contribution in [0.4, 0.5) is 0 Å². The number of aromatic nitrogens is 1. The third kappa shape index (κ3) is 2.28. The van der Waals surface area contributed by atoms with Gasteiger partial charge in [-0.25, -0.2) is 0 Å². The van der Waals surface area contributed by atoms with Crippen LogP contribution in [0.5, 0.6) is 0 Å². The second kappa shape index (κ2) is 5.24. The molecule has 0 radical (unpaired) electrons. The smallest absolute Gasteiger partial charge is 0.270 e. The van der Waals surface area contributed by atoms with E-state index in [0.29, 0.717) is 31.9 Å². The van der Waals surface area contributed by atoms with E-state index in [1.807, 2.05) is 34.7 Å². The highest BCUT2D eigenvalue weighted by Crippen LogP contribution is 2.23. The summed E-state index contributed by atoms with van der Waals surface area (Å²) in [5.41, 5.74) is 2.96. The van der Waals surface area contributed by atoms with Crippen LogP contribution < -0.4 is 0 Å². The summed E-state index contributed by atoms with van der Waals surface area (Å²) in [5.74, 6) is 0.0404. The first-order valence-corrected chi connectivity index (χ1v) is 7.15. The van der Waals surface area contributed by atoms with Crippen LogP contribution >= 0.6 is 0 Å². The van der Waals surface area contributed by atoms with Gasteiger partial charge in [0.25, 0.3) is 5.91 Å². The third-order valence-electron chi connectivity index (χ3n) is 4.27. The molecule has 5 heteroatoms. The Labute approximate surface area is 123 Å². The van der Waals surface area contributed by atoms with Crippen molar-refractivity contribution in [1.29, 1.82) is 0 Å². The Balaban J connectivity index is 1.90. The first-order chi connectivity index (χ1) is 10.1. The number of hydrogen-bond donors (Lipinski definition) is 0. The highest BCUT2D eigenvalue weighted by atomic mass is 16.2. The van der Waals surface area contributed by atoms with Crippen molar-refractivity contribution < 1.29 is 9.59 Å². The number of benzene rings is 1. The van der Waals surface area contributed by atoms with Crippen molar-refractivity contribution in [2.75, 3.05) is 26.2 Å². The number of piperazine rings is 1. The Morgan fingerprint density at radius 1 is 1.19 bits per heavy atom. The summed E-state index contributed by atoms with van der Waals surface area (Å²) < 4.78 is 1.96. The molecule has 3 rings (SSSR count). The van der Waals surface area contributed by atoms with E-state index in [1.54, 1.807) is 4.90 Å². The van der Waals surface area contributed by atoms with E-state index in [-0.39, 0.29) is 5.91 Å². The maximum absolute atomic E-state index is 12.7. The summed E-state index contributed by atoms with van der Waals surface area (Å²) in [7, 11) is 1.93. The molecule has 0 N–H and O–H groups in total. The van der Waals surface area contributed by atoms with Gasteiger partial charge in [-0.3, -0.25) is 9.59 Å². The lowest BCUT2D eigenvalue weighted by molar-refractivity contribution is -0.119. The first-order valence-electron chi connectivity index (χ1n) is 7.15. The molecule has 2 aromatic rings. The zero-order valence-electron chi connectivity index (χ0n) is 12.4. The lowest BCUT2D eigenvalue weighted by Crippen LogP contribution is -2.48. The molecule has 0 atom stereocenters. The fourth-order valence-corrected chi connectivity index (χ4v) is 2.91. The normalized spacial score (nSPS) is 15.5. The van der Waals surface area contributed by atoms with Gasteiger partial charge in [-0.15, -0.1) is 0 Å².